The molecule has 8 heteroatoms. The highest BCUT2D eigenvalue weighted by atomic mass is 19.4. The Kier molecular flexibility index (Phi) is 5.87. The number of nitrogens with zero attached hydrogens (tertiary/aromatic N) is 1. The fourth-order valence-electron chi connectivity index (χ4n) is 2.89. The van der Waals surface area contributed by atoms with Crippen molar-refractivity contribution < 1.29 is 18.0 Å². The van der Waals surface area contributed by atoms with Gasteiger partial charge in [0.25, 0.3) is 0 Å². The number of fused-ring (bicyclic) bond motifs is 1. The third kappa shape index (κ3) is 4.82. The fourth-order valence-corrected chi connectivity index (χ4v) is 2.89. The highest BCUT2D eigenvalue weighted by Gasteiger charge is 2.31. The van der Waals surface area contributed by atoms with E-state index < -0.39 is 17.8 Å². The number of nitrogens with one attached hydrogen (secondary N) is 3. The molecule has 0 bridgehead atoms. The Morgan fingerprint density at radius 2 is 1.96 bits per heavy atom. The number of rotatable bonds is 7. The number of hydrogen-bond acceptors (Lipinski definition) is 3. The summed E-state index contributed by atoms with van der Waals surface area (Å²) in [4.78, 5) is 19.7. The van der Waals surface area contributed by atoms with Gasteiger partial charge in [-0.2, -0.15) is 13.2 Å². The van der Waals surface area contributed by atoms with Gasteiger partial charge >= 0.3 is 6.18 Å². The van der Waals surface area contributed by atoms with Gasteiger partial charge in [0.05, 0.1) is 29.1 Å². The summed E-state index contributed by atoms with van der Waals surface area (Å²) < 4.78 is 39.3. The maximum absolute atomic E-state index is 13.1. The number of carbonyl (C=O) groups excluding carboxylic acids is 1. The monoisotopic (exact) mass is 390 g/mol. The summed E-state index contributed by atoms with van der Waals surface area (Å²) in [5, 5.41) is 5.83. The van der Waals surface area contributed by atoms with Crippen LogP contribution in [-0.2, 0) is 11.0 Å². The number of halogens is 3. The van der Waals surface area contributed by atoms with Crippen molar-refractivity contribution in [2.75, 3.05) is 11.9 Å². The van der Waals surface area contributed by atoms with Crippen LogP contribution in [0.15, 0.2) is 48.5 Å². The molecule has 0 saturated carbocycles. The molecule has 2 aromatic carbocycles. The number of amides is 1. The van der Waals surface area contributed by atoms with Crippen molar-refractivity contribution in [1.82, 2.24) is 15.3 Å². The Bertz CT molecular complexity index is 919. The zero-order valence-corrected chi connectivity index (χ0v) is 15.3. The number of benzene rings is 2. The van der Waals surface area contributed by atoms with Gasteiger partial charge in [-0.1, -0.05) is 31.2 Å². The molecule has 0 radical (unpaired) electrons. The molecular formula is C20H21F3N4O. The molecule has 3 aromatic rings. The van der Waals surface area contributed by atoms with Crippen molar-refractivity contribution in [3.63, 3.8) is 0 Å². The van der Waals surface area contributed by atoms with Crippen molar-refractivity contribution in [2.45, 2.75) is 32.0 Å². The van der Waals surface area contributed by atoms with Crippen molar-refractivity contribution in [2.24, 2.45) is 0 Å². The van der Waals surface area contributed by atoms with E-state index in [0.717, 1.165) is 29.6 Å². The third-order valence-corrected chi connectivity index (χ3v) is 4.28. The van der Waals surface area contributed by atoms with Crippen LogP contribution >= 0.6 is 0 Å². The van der Waals surface area contributed by atoms with E-state index in [1.54, 1.807) is 6.07 Å². The Morgan fingerprint density at radius 1 is 1.18 bits per heavy atom. The van der Waals surface area contributed by atoms with Crippen LogP contribution in [0.4, 0.5) is 19.1 Å². The van der Waals surface area contributed by atoms with Crippen LogP contribution in [0.25, 0.3) is 11.0 Å². The largest absolute Gasteiger partial charge is 0.416 e. The normalized spacial score (nSPS) is 12.7. The molecule has 1 aromatic heterocycles. The molecule has 1 unspecified atom stereocenters. The maximum Gasteiger partial charge on any atom is 0.416 e. The number of aromatic amines is 1. The molecule has 0 aliphatic carbocycles. The molecule has 0 fully saturated rings. The number of para-hydroxylation sites is 2. The molecule has 0 spiro atoms. The lowest BCUT2D eigenvalue weighted by molar-refractivity contribution is -0.137. The van der Waals surface area contributed by atoms with E-state index in [1.165, 1.54) is 6.07 Å². The summed E-state index contributed by atoms with van der Waals surface area (Å²) in [7, 11) is 0. The first-order valence-corrected chi connectivity index (χ1v) is 9.02. The van der Waals surface area contributed by atoms with E-state index in [9.17, 15) is 18.0 Å². The van der Waals surface area contributed by atoms with Gasteiger partial charge < -0.3 is 15.6 Å². The molecule has 1 amide bonds. The predicted molar refractivity (Wildman–Crippen MR) is 102 cm³/mol. The summed E-state index contributed by atoms with van der Waals surface area (Å²) in [5.41, 5.74) is 1.13. The first-order chi connectivity index (χ1) is 13.4. The lowest BCUT2D eigenvalue weighted by Gasteiger charge is -2.20. The Labute approximate surface area is 160 Å². The van der Waals surface area contributed by atoms with Crippen LogP contribution in [0.2, 0.25) is 0 Å². The Balaban J connectivity index is 1.89. The summed E-state index contributed by atoms with van der Waals surface area (Å²) in [6.07, 6.45) is -3.69. The topological polar surface area (TPSA) is 69.8 Å². The van der Waals surface area contributed by atoms with Crippen LogP contribution in [-0.4, -0.2) is 22.4 Å². The van der Waals surface area contributed by atoms with Crippen molar-refractivity contribution in [3.05, 3.63) is 59.7 Å². The SMILES string of the molecule is CCCNC(=O)CC(Nc1nc2ccccc2[nH]1)c1cccc(C(F)(F)F)c1. The van der Waals surface area contributed by atoms with E-state index in [-0.39, 0.29) is 12.3 Å². The third-order valence-electron chi connectivity index (χ3n) is 4.28. The number of H-pyrrole nitrogens is 1. The molecule has 0 saturated heterocycles. The van der Waals surface area contributed by atoms with Crippen molar-refractivity contribution in [1.29, 1.82) is 0 Å². The maximum atomic E-state index is 13.1. The molecule has 1 heterocycles. The quantitative estimate of drug-likeness (QED) is 0.550. The molecule has 1 atom stereocenters. The minimum atomic E-state index is -4.45. The van der Waals surface area contributed by atoms with E-state index in [1.807, 2.05) is 31.2 Å². The molecule has 3 N–H and O–H groups in total. The van der Waals surface area contributed by atoms with Gasteiger partial charge in [0, 0.05) is 6.54 Å². The first-order valence-electron chi connectivity index (χ1n) is 9.02. The summed E-state index contributed by atoms with van der Waals surface area (Å²) in [6, 6.07) is 11.7. The second kappa shape index (κ2) is 8.33. The zero-order chi connectivity index (χ0) is 20.1. The number of anilines is 1. The van der Waals surface area contributed by atoms with Gasteiger partial charge in [0.1, 0.15) is 0 Å². The van der Waals surface area contributed by atoms with Gasteiger partial charge in [-0.3, -0.25) is 4.79 Å². The molecule has 148 valence electrons. The second-order valence-corrected chi connectivity index (χ2v) is 6.48. The van der Waals surface area contributed by atoms with Gasteiger partial charge in [-0.05, 0) is 36.2 Å². The minimum Gasteiger partial charge on any atom is -0.356 e. The van der Waals surface area contributed by atoms with E-state index in [0.29, 0.717) is 18.1 Å². The van der Waals surface area contributed by atoms with Crippen molar-refractivity contribution >= 4 is 22.9 Å². The van der Waals surface area contributed by atoms with Crippen molar-refractivity contribution in [3.8, 4) is 0 Å². The van der Waals surface area contributed by atoms with Gasteiger partial charge in [-0.15, -0.1) is 0 Å². The van der Waals surface area contributed by atoms with Crippen LogP contribution < -0.4 is 10.6 Å². The summed E-state index contributed by atoms with van der Waals surface area (Å²) in [6.45, 7) is 2.44. The van der Waals surface area contributed by atoms with E-state index in [4.69, 9.17) is 0 Å². The average Bonchev–Trinajstić information content (AvgIpc) is 3.07. The smallest absolute Gasteiger partial charge is 0.356 e. The molecule has 0 aliphatic rings. The van der Waals surface area contributed by atoms with Gasteiger partial charge in [0.15, 0.2) is 0 Å². The standard InChI is InChI=1S/C20H21F3N4O/c1-2-10-24-18(28)12-17(13-6-5-7-14(11-13)20(21,22)23)27-19-25-15-8-3-4-9-16(15)26-19/h3-9,11,17H,2,10,12H2,1H3,(H,24,28)(H2,25,26,27). The average molecular weight is 390 g/mol. The number of imidazole rings is 1. The van der Waals surface area contributed by atoms with Crippen LogP contribution in [0.5, 0.6) is 0 Å². The van der Waals surface area contributed by atoms with Crippen LogP contribution in [0.1, 0.15) is 36.9 Å². The molecule has 28 heavy (non-hydrogen) atoms. The first kappa shape index (κ1) is 19.7. The second-order valence-electron chi connectivity index (χ2n) is 6.48. The number of alkyl halides is 3. The van der Waals surface area contributed by atoms with Gasteiger partial charge in [-0.25, -0.2) is 4.98 Å². The number of aromatic nitrogens is 2. The zero-order valence-electron chi connectivity index (χ0n) is 15.3. The molecule has 0 aliphatic heterocycles. The molecular weight excluding hydrogens is 369 g/mol. The minimum absolute atomic E-state index is 0.0155. The van der Waals surface area contributed by atoms with E-state index >= 15 is 0 Å². The van der Waals surface area contributed by atoms with Crippen LogP contribution in [0, 0.1) is 0 Å². The summed E-state index contributed by atoms with van der Waals surface area (Å²) in [5.74, 6) is 0.153. The number of carbonyl (C=O) groups is 1. The Morgan fingerprint density at radius 3 is 2.68 bits per heavy atom. The summed E-state index contributed by atoms with van der Waals surface area (Å²) >= 11 is 0. The Hall–Kier alpha value is -3.03. The molecule has 5 nitrogen and oxygen atoms in total. The molecule has 3 rings (SSSR count). The highest BCUT2D eigenvalue weighted by Crippen LogP contribution is 2.32. The predicted octanol–water partition coefficient (Wildman–Crippen LogP) is 4.65. The lowest BCUT2D eigenvalue weighted by Crippen LogP contribution is -2.28. The highest BCUT2D eigenvalue weighted by molar-refractivity contribution is 5.79. The van der Waals surface area contributed by atoms with Crippen LogP contribution in [0.3, 0.4) is 0 Å². The number of hydrogen-bond donors (Lipinski definition) is 3. The fraction of sp³-hybridized carbons (Fsp3) is 0.300. The lowest BCUT2D eigenvalue weighted by atomic mass is 10.0. The van der Waals surface area contributed by atoms with E-state index in [2.05, 4.69) is 20.6 Å². The van der Waals surface area contributed by atoms with Gasteiger partial charge in [0.2, 0.25) is 11.9 Å².